The first-order valence-electron chi connectivity index (χ1n) is 4.91. The van der Waals surface area contributed by atoms with Crippen LogP contribution in [0.5, 0.6) is 0 Å². The van der Waals surface area contributed by atoms with Gasteiger partial charge in [0.25, 0.3) is 0 Å². The third-order valence-electron chi connectivity index (χ3n) is 1.83. The van der Waals surface area contributed by atoms with E-state index < -0.39 is 0 Å². The van der Waals surface area contributed by atoms with Gasteiger partial charge in [-0.25, -0.2) is 9.97 Å². The normalized spacial score (nSPS) is 10.1. The van der Waals surface area contributed by atoms with Crippen molar-refractivity contribution in [2.75, 3.05) is 19.9 Å². The van der Waals surface area contributed by atoms with Gasteiger partial charge >= 0.3 is 5.97 Å². The zero-order chi connectivity index (χ0) is 11.8. The summed E-state index contributed by atoms with van der Waals surface area (Å²) in [6.45, 7) is 0.757. The predicted molar refractivity (Wildman–Crippen MR) is 62.2 cm³/mol. The number of thioether (sulfide) groups is 1. The number of esters is 1. The molecule has 1 aromatic rings. The van der Waals surface area contributed by atoms with Gasteiger partial charge in [0.15, 0.2) is 5.16 Å². The Morgan fingerprint density at radius 3 is 2.75 bits per heavy atom. The number of hydrogen-bond donors (Lipinski definition) is 1. The summed E-state index contributed by atoms with van der Waals surface area (Å²) in [6.07, 6.45) is 3.94. The Morgan fingerprint density at radius 2 is 2.19 bits per heavy atom. The summed E-state index contributed by atoms with van der Waals surface area (Å²) in [5, 5.41) is 3.71. The number of hydrogen-bond acceptors (Lipinski definition) is 6. The maximum atomic E-state index is 10.9. The SMILES string of the molecule is CNCc1cnc(SCCC(=O)OC)nc1. The highest BCUT2D eigenvalue weighted by atomic mass is 32.2. The summed E-state index contributed by atoms with van der Waals surface area (Å²) < 4.78 is 4.54. The molecule has 0 amide bonds. The molecule has 1 aromatic heterocycles. The smallest absolute Gasteiger partial charge is 0.306 e. The molecule has 0 saturated heterocycles. The van der Waals surface area contributed by atoms with Gasteiger partial charge in [0, 0.05) is 30.3 Å². The van der Waals surface area contributed by atoms with Gasteiger partial charge in [-0.3, -0.25) is 4.79 Å². The van der Waals surface area contributed by atoms with E-state index in [2.05, 4.69) is 20.0 Å². The molecule has 0 aliphatic carbocycles. The molecule has 0 saturated carbocycles. The molecule has 0 bridgehead atoms. The van der Waals surface area contributed by atoms with Gasteiger partial charge in [-0.15, -0.1) is 0 Å². The maximum absolute atomic E-state index is 10.9. The fourth-order valence-corrected chi connectivity index (χ4v) is 1.75. The number of nitrogens with zero attached hydrogens (tertiary/aromatic N) is 2. The third-order valence-corrected chi connectivity index (χ3v) is 2.70. The molecule has 16 heavy (non-hydrogen) atoms. The summed E-state index contributed by atoms with van der Waals surface area (Å²) in [5.41, 5.74) is 1.04. The Labute approximate surface area is 99.0 Å². The molecular weight excluding hydrogens is 226 g/mol. The van der Waals surface area contributed by atoms with Crippen molar-refractivity contribution in [2.45, 2.75) is 18.1 Å². The van der Waals surface area contributed by atoms with E-state index in [1.165, 1.54) is 18.9 Å². The van der Waals surface area contributed by atoms with E-state index in [4.69, 9.17) is 0 Å². The number of carbonyl (C=O) groups excluding carboxylic acids is 1. The first-order chi connectivity index (χ1) is 7.76. The van der Waals surface area contributed by atoms with Crippen LogP contribution in [0.4, 0.5) is 0 Å². The molecule has 0 fully saturated rings. The van der Waals surface area contributed by atoms with Crippen LogP contribution in [0.25, 0.3) is 0 Å². The average Bonchev–Trinajstić information content (AvgIpc) is 2.31. The van der Waals surface area contributed by atoms with Gasteiger partial charge in [0.2, 0.25) is 0 Å². The molecule has 0 aromatic carbocycles. The quantitative estimate of drug-likeness (QED) is 0.452. The van der Waals surface area contributed by atoms with E-state index in [0.717, 1.165) is 12.1 Å². The van der Waals surface area contributed by atoms with Gasteiger partial charge in [-0.2, -0.15) is 0 Å². The lowest BCUT2D eigenvalue weighted by molar-refractivity contribution is -0.140. The van der Waals surface area contributed by atoms with Crippen LogP contribution in [0.1, 0.15) is 12.0 Å². The fourth-order valence-electron chi connectivity index (χ4n) is 1.04. The highest BCUT2D eigenvalue weighted by molar-refractivity contribution is 7.99. The van der Waals surface area contributed by atoms with Crippen LogP contribution in [0.15, 0.2) is 17.6 Å². The predicted octanol–water partition coefficient (Wildman–Crippen LogP) is 0.851. The fraction of sp³-hybridized carbons (Fsp3) is 0.500. The lowest BCUT2D eigenvalue weighted by atomic mass is 10.3. The van der Waals surface area contributed by atoms with Crippen LogP contribution >= 0.6 is 11.8 Å². The van der Waals surface area contributed by atoms with Crippen molar-refractivity contribution >= 4 is 17.7 Å². The Bertz CT molecular complexity index is 329. The zero-order valence-electron chi connectivity index (χ0n) is 9.40. The molecule has 1 rings (SSSR count). The molecule has 0 atom stereocenters. The number of carbonyl (C=O) groups is 1. The maximum Gasteiger partial charge on any atom is 0.306 e. The minimum absolute atomic E-state index is 0.209. The molecule has 1 heterocycles. The van der Waals surface area contributed by atoms with E-state index in [9.17, 15) is 4.79 Å². The lowest BCUT2D eigenvalue weighted by Crippen LogP contribution is -2.06. The molecule has 5 nitrogen and oxygen atoms in total. The monoisotopic (exact) mass is 241 g/mol. The largest absolute Gasteiger partial charge is 0.469 e. The minimum Gasteiger partial charge on any atom is -0.469 e. The van der Waals surface area contributed by atoms with Crippen LogP contribution in [-0.2, 0) is 16.1 Å². The minimum atomic E-state index is -0.209. The first kappa shape index (κ1) is 12.9. The standard InChI is InChI=1S/C10H15N3O2S/c1-11-5-8-6-12-10(13-7-8)16-4-3-9(14)15-2/h6-7,11H,3-5H2,1-2H3. The first-order valence-corrected chi connectivity index (χ1v) is 5.90. The number of methoxy groups -OCH3 is 1. The van der Waals surface area contributed by atoms with Crippen molar-refractivity contribution in [2.24, 2.45) is 0 Å². The summed E-state index contributed by atoms with van der Waals surface area (Å²) in [6, 6.07) is 0. The molecule has 6 heteroatoms. The molecule has 0 radical (unpaired) electrons. The summed E-state index contributed by atoms with van der Waals surface area (Å²) >= 11 is 1.45. The molecule has 0 aliphatic rings. The van der Waals surface area contributed by atoms with Gasteiger partial charge in [0.05, 0.1) is 13.5 Å². The molecular formula is C10H15N3O2S. The lowest BCUT2D eigenvalue weighted by Gasteiger charge is -2.01. The summed E-state index contributed by atoms with van der Waals surface area (Å²) in [4.78, 5) is 19.2. The van der Waals surface area contributed by atoms with Crippen LogP contribution in [0.3, 0.4) is 0 Å². The van der Waals surface area contributed by atoms with E-state index in [-0.39, 0.29) is 5.97 Å². The van der Waals surface area contributed by atoms with E-state index >= 15 is 0 Å². The van der Waals surface area contributed by atoms with E-state index in [1.54, 1.807) is 12.4 Å². The number of aromatic nitrogens is 2. The van der Waals surface area contributed by atoms with Crippen molar-refractivity contribution in [3.05, 3.63) is 18.0 Å². The Morgan fingerprint density at radius 1 is 1.50 bits per heavy atom. The van der Waals surface area contributed by atoms with Gasteiger partial charge in [-0.1, -0.05) is 11.8 Å². The highest BCUT2D eigenvalue weighted by Crippen LogP contribution is 2.13. The van der Waals surface area contributed by atoms with Gasteiger partial charge in [0.1, 0.15) is 0 Å². The van der Waals surface area contributed by atoms with E-state index in [0.29, 0.717) is 17.3 Å². The van der Waals surface area contributed by atoms with Crippen LogP contribution < -0.4 is 5.32 Å². The van der Waals surface area contributed by atoms with Gasteiger partial charge < -0.3 is 10.1 Å². The van der Waals surface area contributed by atoms with Crippen molar-refractivity contribution < 1.29 is 9.53 Å². The highest BCUT2D eigenvalue weighted by Gasteiger charge is 2.02. The second kappa shape index (κ2) is 7.19. The Hall–Kier alpha value is -1.14. The van der Waals surface area contributed by atoms with Crippen molar-refractivity contribution in [1.82, 2.24) is 15.3 Å². The Balaban J connectivity index is 2.34. The molecule has 1 N–H and O–H groups in total. The second-order valence-corrected chi connectivity index (χ2v) is 4.14. The molecule has 88 valence electrons. The summed E-state index contributed by atoms with van der Waals surface area (Å²) in [7, 11) is 3.26. The second-order valence-electron chi connectivity index (χ2n) is 3.08. The number of ether oxygens (including phenoxy) is 1. The van der Waals surface area contributed by atoms with Crippen LogP contribution in [0, 0.1) is 0 Å². The van der Waals surface area contributed by atoms with Crippen LogP contribution in [0.2, 0.25) is 0 Å². The number of rotatable bonds is 6. The van der Waals surface area contributed by atoms with Crippen molar-refractivity contribution in [3.63, 3.8) is 0 Å². The topological polar surface area (TPSA) is 64.1 Å². The van der Waals surface area contributed by atoms with E-state index in [1.807, 2.05) is 7.05 Å². The zero-order valence-corrected chi connectivity index (χ0v) is 10.2. The Kier molecular flexibility index (Phi) is 5.81. The van der Waals surface area contributed by atoms with Crippen LogP contribution in [-0.4, -0.2) is 35.8 Å². The number of nitrogens with one attached hydrogen (secondary N) is 1. The molecule has 0 unspecified atom stereocenters. The molecule has 0 aliphatic heterocycles. The van der Waals surface area contributed by atoms with Crippen molar-refractivity contribution in [1.29, 1.82) is 0 Å². The molecule has 0 spiro atoms. The average molecular weight is 241 g/mol. The van der Waals surface area contributed by atoms with Gasteiger partial charge in [-0.05, 0) is 7.05 Å². The summed E-state index contributed by atoms with van der Waals surface area (Å²) in [5.74, 6) is 0.428. The third kappa shape index (κ3) is 4.59. The van der Waals surface area contributed by atoms with Crippen molar-refractivity contribution in [3.8, 4) is 0 Å².